The van der Waals surface area contributed by atoms with Gasteiger partial charge in [0.05, 0.1) is 5.25 Å². The summed E-state index contributed by atoms with van der Waals surface area (Å²) in [6.45, 7) is 9.26. The fourth-order valence-corrected chi connectivity index (χ4v) is 3.74. The molecule has 0 spiro atoms. The quantitative estimate of drug-likeness (QED) is 0.459. The molecule has 0 bridgehead atoms. The van der Waals surface area contributed by atoms with Crippen molar-refractivity contribution in [3.63, 3.8) is 0 Å². The van der Waals surface area contributed by atoms with Crippen molar-refractivity contribution in [2.45, 2.75) is 51.3 Å². The maximum absolute atomic E-state index is 12.9. The summed E-state index contributed by atoms with van der Waals surface area (Å²) in [4.78, 5) is 14.7. The molecule has 7 heteroatoms. The Kier molecular flexibility index (Phi) is 7.52. The summed E-state index contributed by atoms with van der Waals surface area (Å²) in [5, 5.41) is 8.13. The third-order valence-corrected chi connectivity index (χ3v) is 5.60. The van der Waals surface area contributed by atoms with E-state index in [1.54, 1.807) is 0 Å². The van der Waals surface area contributed by atoms with Crippen LogP contribution in [0.4, 0.5) is 0 Å². The van der Waals surface area contributed by atoms with Crippen molar-refractivity contribution < 1.29 is 13.9 Å². The van der Waals surface area contributed by atoms with Crippen LogP contribution in [0.25, 0.3) is 0 Å². The van der Waals surface area contributed by atoms with Crippen LogP contribution in [-0.2, 0) is 17.9 Å². The standard InChI is InChI=1S/C23H27N3O3S/c1-5-26(14-19-9-7-6-8-10-19)22(27)18(4)30-23-25-24-21(29-23)15-28-20-13-16(2)11-12-17(20)3/h6-13,18H,5,14-15H2,1-4H3. The monoisotopic (exact) mass is 425 g/mol. The second-order valence-corrected chi connectivity index (χ2v) is 8.41. The average molecular weight is 426 g/mol. The van der Waals surface area contributed by atoms with Gasteiger partial charge in [0, 0.05) is 13.1 Å². The number of benzene rings is 2. The number of aromatic nitrogens is 2. The van der Waals surface area contributed by atoms with E-state index < -0.39 is 0 Å². The van der Waals surface area contributed by atoms with E-state index in [4.69, 9.17) is 9.15 Å². The number of carbonyl (C=O) groups excluding carboxylic acids is 1. The maximum atomic E-state index is 12.9. The summed E-state index contributed by atoms with van der Waals surface area (Å²) < 4.78 is 11.5. The van der Waals surface area contributed by atoms with Gasteiger partial charge < -0.3 is 14.1 Å². The molecule has 3 aromatic rings. The molecule has 1 aromatic heterocycles. The van der Waals surface area contributed by atoms with E-state index in [0.29, 0.717) is 24.2 Å². The lowest BCUT2D eigenvalue weighted by molar-refractivity contribution is -0.130. The van der Waals surface area contributed by atoms with E-state index in [2.05, 4.69) is 10.2 Å². The largest absolute Gasteiger partial charge is 0.484 e. The molecular weight excluding hydrogens is 398 g/mol. The van der Waals surface area contributed by atoms with Gasteiger partial charge in [-0.25, -0.2) is 0 Å². The van der Waals surface area contributed by atoms with Gasteiger partial charge in [-0.1, -0.05) is 54.2 Å². The van der Waals surface area contributed by atoms with E-state index in [-0.39, 0.29) is 17.8 Å². The molecule has 0 radical (unpaired) electrons. The molecule has 0 N–H and O–H groups in total. The summed E-state index contributed by atoms with van der Waals surface area (Å²) in [6, 6.07) is 16.0. The van der Waals surface area contributed by atoms with Gasteiger partial charge in [0.15, 0.2) is 6.61 Å². The molecule has 6 nitrogen and oxygen atoms in total. The summed E-state index contributed by atoms with van der Waals surface area (Å²) in [6.07, 6.45) is 0. The molecule has 0 saturated heterocycles. The van der Waals surface area contributed by atoms with Crippen molar-refractivity contribution in [2.75, 3.05) is 6.54 Å². The summed E-state index contributed by atoms with van der Waals surface area (Å²) in [5.74, 6) is 1.22. The fraction of sp³-hybridized carbons (Fsp3) is 0.348. The van der Waals surface area contributed by atoms with Crippen molar-refractivity contribution in [1.29, 1.82) is 0 Å². The molecule has 1 atom stereocenters. The van der Waals surface area contributed by atoms with Crippen LogP contribution in [0, 0.1) is 13.8 Å². The SMILES string of the molecule is CCN(Cc1ccccc1)C(=O)C(C)Sc1nnc(COc2cc(C)ccc2C)o1. The summed E-state index contributed by atoms with van der Waals surface area (Å²) in [7, 11) is 0. The van der Waals surface area contributed by atoms with E-state index >= 15 is 0 Å². The number of amides is 1. The zero-order chi connectivity index (χ0) is 21.5. The molecule has 0 aliphatic rings. The van der Waals surface area contributed by atoms with Gasteiger partial charge >= 0.3 is 0 Å². The van der Waals surface area contributed by atoms with Gasteiger partial charge in [0.2, 0.25) is 5.91 Å². The van der Waals surface area contributed by atoms with Gasteiger partial charge in [-0.3, -0.25) is 4.79 Å². The normalized spacial score (nSPS) is 11.9. The van der Waals surface area contributed by atoms with E-state index in [0.717, 1.165) is 22.4 Å². The highest BCUT2D eigenvalue weighted by Crippen LogP contribution is 2.25. The predicted octanol–water partition coefficient (Wildman–Crippen LogP) is 4.79. The minimum Gasteiger partial charge on any atom is -0.484 e. The molecule has 0 aliphatic carbocycles. The lowest BCUT2D eigenvalue weighted by Gasteiger charge is -2.23. The second kappa shape index (κ2) is 10.3. The number of hydrogen-bond donors (Lipinski definition) is 0. The molecule has 158 valence electrons. The lowest BCUT2D eigenvalue weighted by atomic mass is 10.1. The lowest BCUT2D eigenvalue weighted by Crippen LogP contribution is -2.35. The highest BCUT2D eigenvalue weighted by molar-refractivity contribution is 8.00. The van der Waals surface area contributed by atoms with E-state index in [1.165, 1.54) is 11.8 Å². The number of thioether (sulfide) groups is 1. The number of aryl methyl sites for hydroxylation is 2. The third-order valence-electron chi connectivity index (χ3n) is 4.68. The number of hydrogen-bond acceptors (Lipinski definition) is 6. The van der Waals surface area contributed by atoms with Gasteiger partial charge in [-0.15, -0.1) is 10.2 Å². The Morgan fingerprint density at radius 2 is 1.93 bits per heavy atom. The van der Waals surface area contributed by atoms with Crippen molar-refractivity contribution in [3.05, 3.63) is 71.1 Å². The molecule has 0 aliphatic heterocycles. The van der Waals surface area contributed by atoms with Crippen molar-refractivity contribution in [1.82, 2.24) is 15.1 Å². The molecule has 3 rings (SSSR count). The highest BCUT2D eigenvalue weighted by atomic mass is 32.2. The minimum absolute atomic E-state index is 0.0396. The van der Waals surface area contributed by atoms with Crippen LogP contribution in [0.5, 0.6) is 5.75 Å². The van der Waals surface area contributed by atoms with Gasteiger partial charge in [-0.2, -0.15) is 0 Å². The Hall–Kier alpha value is -2.80. The summed E-state index contributed by atoms with van der Waals surface area (Å²) >= 11 is 1.27. The molecule has 0 fully saturated rings. The zero-order valence-electron chi connectivity index (χ0n) is 17.8. The smallest absolute Gasteiger partial charge is 0.277 e. The Labute approximate surface area is 181 Å². The fourth-order valence-electron chi connectivity index (χ4n) is 2.95. The van der Waals surface area contributed by atoms with Crippen LogP contribution >= 0.6 is 11.8 Å². The van der Waals surface area contributed by atoms with Crippen LogP contribution in [0.15, 0.2) is 58.2 Å². The Bertz CT molecular complexity index is 975. The van der Waals surface area contributed by atoms with Crippen molar-refractivity contribution >= 4 is 17.7 Å². The summed E-state index contributed by atoms with van der Waals surface area (Å²) in [5.41, 5.74) is 3.28. The average Bonchev–Trinajstić information content (AvgIpc) is 3.20. The first-order chi connectivity index (χ1) is 14.5. The Balaban J connectivity index is 1.56. The van der Waals surface area contributed by atoms with Gasteiger partial charge in [-0.05, 0) is 50.5 Å². The van der Waals surface area contributed by atoms with Crippen LogP contribution in [-0.4, -0.2) is 32.8 Å². The topological polar surface area (TPSA) is 68.5 Å². The third kappa shape index (κ3) is 5.86. The Morgan fingerprint density at radius 1 is 1.17 bits per heavy atom. The maximum Gasteiger partial charge on any atom is 0.277 e. The number of carbonyl (C=O) groups is 1. The van der Waals surface area contributed by atoms with Crippen molar-refractivity contribution in [2.24, 2.45) is 0 Å². The molecule has 1 amide bonds. The molecular formula is C23H27N3O3S. The number of rotatable bonds is 9. The Morgan fingerprint density at radius 3 is 2.67 bits per heavy atom. The van der Waals surface area contributed by atoms with E-state index in [1.807, 2.05) is 81.1 Å². The van der Waals surface area contributed by atoms with Crippen LogP contribution in [0.1, 0.15) is 36.4 Å². The van der Waals surface area contributed by atoms with Crippen molar-refractivity contribution in [3.8, 4) is 5.75 Å². The number of ether oxygens (including phenoxy) is 1. The molecule has 0 saturated carbocycles. The van der Waals surface area contributed by atoms with Gasteiger partial charge in [0.1, 0.15) is 5.75 Å². The first kappa shape index (κ1) is 21.9. The van der Waals surface area contributed by atoms with Crippen LogP contribution in [0.2, 0.25) is 0 Å². The molecule has 1 heterocycles. The second-order valence-electron chi connectivity index (χ2n) is 7.12. The first-order valence-electron chi connectivity index (χ1n) is 9.98. The molecule has 1 unspecified atom stereocenters. The first-order valence-corrected chi connectivity index (χ1v) is 10.9. The predicted molar refractivity (Wildman–Crippen MR) is 117 cm³/mol. The van der Waals surface area contributed by atoms with Gasteiger partial charge in [0.25, 0.3) is 11.1 Å². The number of nitrogens with zero attached hydrogens (tertiary/aromatic N) is 3. The molecule has 30 heavy (non-hydrogen) atoms. The van der Waals surface area contributed by atoms with E-state index in [9.17, 15) is 4.79 Å². The van der Waals surface area contributed by atoms with Crippen LogP contribution in [0.3, 0.4) is 0 Å². The highest BCUT2D eigenvalue weighted by Gasteiger charge is 2.23. The minimum atomic E-state index is -0.332. The van der Waals surface area contributed by atoms with Crippen LogP contribution < -0.4 is 4.74 Å². The zero-order valence-corrected chi connectivity index (χ0v) is 18.6. The molecule has 2 aromatic carbocycles.